The van der Waals surface area contributed by atoms with Crippen molar-refractivity contribution in [2.75, 3.05) is 0 Å². The second-order valence-electron chi connectivity index (χ2n) is 3.45. The maximum absolute atomic E-state index is 12.4. The van der Waals surface area contributed by atoms with Crippen LogP contribution in [-0.4, -0.2) is 9.55 Å². The smallest absolute Gasteiger partial charge is 0.333 e. The SMILES string of the molecule is Cc1cc2ccc(C(F)(F)F)nc2n1C. The second kappa shape index (κ2) is 2.98. The van der Waals surface area contributed by atoms with Gasteiger partial charge in [0.05, 0.1) is 0 Å². The van der Waals surface area contributed by atoms with Gasteiger partial charge in [-0.1, -0.05) is 0 Å². The molecule has 0 atom stereocenters. The Hall–Kier alpha value is -1.52. The van der Waals surface area contributed by atoms with Crippen LogP contribution in [0.5, 0.6) is 0 Å². The van der Waals surface area contributed by atoms with Crippen molar-refractivity contribution in [3.63, 3.8) is 0 Å². The summed E-state index contributed by atoms with van der Waals surface area (Å²) in [5.41, 5.74) is 0.398. The fraction of sp³-hybridized carbons (Fsp3) is 0.300. The molecule has 2 aromatic heterocycles. The molecule has 15 heavy (non-hydrogen) atoms. The number of hydrogen-bond donors (Lipinski definition) is 0. The van der Waals surface area contributed by atoms with E-state index in [2.05, 4.69) is 4.98 Å². The summed E-state index contributed by atoms with van der Waals surface area (Å²) >= 11 is 0. The second-order valence-corrected chi connectivity index (χ2v) is 3.45. The van der Waals surface area contributed by atoms with Gasteiger partial charge in [0.2, 0.25) is 0 Å². The molecule has 0 aliphatic carbocycles. The third kappa shape index (κ3) is 1.58. The molecular formula is C10H9F3N2. The van der Waals surface area contributed by atoms with Crippen molar-refractivity contribution in [3.8, 4) is 0 Å². The van der Waals surface area contributed by atoms with E-state index in [1.807, 2.05) is 13.0 Å². The molecule has 0 saturated heterocycles. The van der Waals surface area contributed by atoms with Gasteiger partial charge in [0.1, 0.15) is 11.3 Å². The molecule has 0 N–H and O–H groups in total. The number of rotatable bonds is 0. The summed E-state index contributed by atoms with van der Waals surface area (Å²) < 4.78 is 38.8. The zero-order valence-corrected chi connectivity index (χ0v) is 8.26. The number of halogens is 3. The highest BCUT2D eigenvalue weighted by atomic mass is 19.4. The number of hydrogen-bond acceptors (Lipinski definition) is 1. The minimum atomic E-state index is -4.38. The fourth-order valence-electron chi connectivity index (χ4n) is 1.49. The number of aryl methyl sites for hydroxylation is 2. The molecule has 80 valence electrons. The Balaban J connectivity index is 2.70. The Morgan fingerprint density at radius 3 is 2.53 bits per heavy atom. The van der Waals surface area contributed by atoms with Gasteiger partial charge in [-0.05, 0) is 25.1 Å². The summed E-state index contributed by atoms with van der Waals surface area (Å²) in [6.07, 6.45) is -4.38. The van der Waals surface area contributed by atoms with Gasteiger partial charge in [-0.2, -0.15) is 13.2 Å². The summed E-state index contributed by atoms with van der Waals surface area (Å²) in [6, 6.07) is 4.25. The molecule has 0 radical (unpaired) electrons. The van der Waals surface area contributed by atoms with Gasteiger partial charge in [-0.3, -0.25) is 0 Å². The van der Waals surface area contributed by atoms with E-state index < -0.39 is 11.9 Å². The number of pyridine rings is 1. The Labute approximate surface area is 84.3 Å². The molecule has 0 bridgehead atoms. The molecule has 0 spiro atoms. The minimum Gasteiger partial charge on any atom is -0.333 e. The highest BCUT2D eigenvalue weighted by Gasteiger charge is 2.32. The largest absolute Gasteiger partial charge is 0.433 e. The average Bonchev–Trinajstić information content (AvgIpc) is 2.41. The van der Waals surface area contributed by atoms with E-state index in [0.717, 1.165) is 17.1 Å². The molecule has 0 unspecified atom stereocenters. The molecule has 0 fully saturated rings. The Bertz CT molecular complexity index is 511. The molecule has 0 aromatic carbocycles. The first-order chi connectivity index (χ1) is 6.89. The van der Waals surface area contributed by atoms with Crippen LogP contribution in [0.1, 0.15) is 11.4 Å². The standard InChI is InChI=1S/C10H9F3N2/c1-6-5-7-3-4-8(10(11,12)13)14-9(7)15(6)2/h3-5H,1-2H3. The van der Waals surface area contributed by atoms with Crippen molar-refractivity contribution in [3.05, 3.63) is 29.6 Å². The predicted octanol–water partition coefficient (Wildman–Crippen LogP) is 2.90. The van der Waals surface area contributed by atoms with Gasteiger partial charge in [-0.15, -0.1) is 0 Å². The zero-order chi connectivity index (χ0) is 11.2. The van der Waals surface area contributed by atoms with Crippen LogP contribution in [-0.2, 0) is 13.2 Å². The lowest BCUT2D eigenvalue weighted by molar-refractivity contribution is -0.141. The third-order valence-electron chi connectivity index (χ3n) is 2.41. The topological polar surface area (TPSA) is 17.8 Å². The Morgan fingerprint density at radius 1 is 1.27 bits per heavy atom. The summed E-state index contributed by atoms with van der Waals surface area (Å²) in [5.74, 6) is 0. The monoisotopic (exact) mass is 214 g/mol. The third-order valence-corrected chi connectivity index (χ3v) is 2.41. The quantitative estimate of drug-likeness (QED) is 0.659. The van der Waals surface area contributed by atoms with Crippen LogP contribution < -0.4 is 0 Å². The molecule has 2 nitrogen and oxygen atoms in total. The number of nitrogens with zero attached hydrogens (tertiary/aromatic N) is 2. The molecule has 2 rings (SSSR count). The number of fused-ring (bicyclic) bond motifs is 1. The summed E-state index contributed by atoms with van der Waals surface area (Å²) in [4.78, 5) is 3.60. The molecular weight excluding hydrogens is 205 g/mol. The molecule has 2 aromatic rings. The highest BCUT2D eigenvalue weighted by Crippen LogP contribution is 2.29. The molecule has 5 heteroatoms. The van der Waals surface area contributed by atoms with Crippen LogP contribution in [0.4, 0.5) is 13.2 Å². The van der Waals surface area contributed by atoms with Crippen LogP contribution in [0.3, 0.4) is 0 Å². The van der Waals surface area contributed by atoms with Crippen LogP contribution in [0.2, 0.25) is 0 Å². The lowest BCUT2D eigenvalue weighted by Crippen LogP contribution is -2.08. The van der Waals surface area contributed by atoms with Crippen LogP contribution >= 0.6 is 0 Å². The molecule has 0 amide bonds. The first-order valence-corrected chi connectivity index (χ1v) is 4.40. The van der Waals surface area contributed by atoms with Gasteiger partial charge in [0.15, 0.2) is 0 Å². The van der Waals surface area contributed by atoms with Gasteiger partial charge < -0.3 is 4.57 Å². The van der Waals surface area contributed by atoms with E-state index in [0.29, 0.717) is 5.65 Å². The van der Waals surface area contributed by atoms with Gasteiger partial charge in [0, 0.05) is 18.1 Å². The average molecular weight is 214 g/mol. The summed E-state index contributed by atoms with van der Waals surface area (Å²) in [5, 5.41) is 0.725. The Kier molecular flexibility index (Phi) is 1.99. The maximum Gasteiger partial charge on any atom is 0.433 e. The fourth-order valence-corrected chi connectivity index (χ4v) is 1.49. The minimum absolute atomic E-state index is 0.363. The van der Waals surface area contributed by atoms with E-state index in [1.54, 1.807) is 11.6 Å². The van der Waals surface area contributed by atoms with Gasteiger partial charge in [0.25, 0.3) is 0 Å². The maximum atomic E-state index is 12.4. The first-order valence-electron chi connectivity index (χ1n) is 4.40. The summed E-state index contributed by atoms with van der Waals surface area (Å²) in [6.45, 7) is 1.83. The number of aromatic nitrogens is 2. The van der Waals surface area contributed by atoms with Crippen molar-refractivity contribution in [2.45, 2.75) is 13.1 Å². The van der Waals surface area contributed by atoms with Crippen molar-refractivity contribution in [1.82, 2.24) is 9.55 Å². The van der Waals surface area contributed by atoms with Gasteiger partial charge >= 0.3 is 6.18 Å². The lowest BCUT2D eigenvalue weighted by Gasteiger charge is -2.05. The molecule has 0 aliphatic heterocycles. The van der Waals surface area contributed by atoms with Crippen molar-refractivity contribution < 1.29 is 13.2 Å². The first kappa shape index (κ1) is 10.0. The van der Waals surface area contributed by atoms with E-state index >= 15 is 0 Å². The van der Waals surface area contributed by atoms with Crippen LogP contribution in [0.25, 0.3) is 11.0 Å². The van der Waals surface area contributed by atoms with Crippen molar-refractivity contribution >= 4 is 11.0 Å². The van der Waals surface area contributed by atoms with Crippen molar-refractivity contribution in [1.29, 1.82) is 0 Å². The predicted molar refractivity (Wildman–Crippen MR) is 50.5 cm³/mol. The van der Waals surface area contributed by atoms with E-state index in [9.17, 15) is 13.2 Å². The molecule has 2 heterocycles. The van der Waals surface area contributed by atoms with Gasteiger partial charge in [-0.25, -0.2) is 4.98 Å². The van der Waals surface area contributed by atoms with E-state index in [1.165, 1.54) is 6.07 Å². The lowest BCUT2D eigenvalue weighted by atomic mass is 10.3. The Morgan fingerprint density at radius 2 is 1.93 bits per heavy atom. The molecule has 0 saturated carbocycles. The number of alkyl halides is 3. The van der Waals surface area contributed by atoms with Crippen LogP contribution in [0, 0.1) is 6.92 Å². The van der Waals surface area contributed by atoms with Crippen molar-refractivity contribution in [2.24, 2.45) is 7.05 Å². The normalized spacial score (nSPS) is 12.3. The summed E-state index contributed by atoms with van der Waals surface area (Å²) in [7, 11) is 1.70. The van der Waals surface area contributed by atoms with Crippen LogP contribution in [0.15, 0.2) is 18.2 Å². The zero-order valence-electron chi connectivity index (χ0n) is 8.26. The highest BCUT2D eigenvalue weighted by molar-refractivity contribution is 5.77. The molecule has 0 aliphatic rings. The van der Waals surface area contributed by atoms with E-state index in [4.69, 9.17) is 0 Å². The van der Waals surface area contributed by atoms with E-state index in [-0.39, 0.29) is 0 Å².